The minimum Gasteiger partial charge on any atom is -0.296 e. The predicted octanol–water partition coefficient (Wildman–Crippen LogP) is 4.90. The number of aldehydes is 1. The van der Waals surface area contributed by atoms with E-state index >= 15 is 0 Å². The maximum Gasteiger partial charge on any atom is 0.385 e. The van der Waals surface area contributed by atoms with Crippen LogP contribution in [0.5, 0.6) is 0 Å². The number of hydrogen-bond donors (Lipinski definition) is 0. The molecule has 0 atom stereocenters. The molecule has 0 amide bonds. The fraction of sp³-hybridized carbons (Fsp3) is 0.889. The fourth-order valence-corrected chi connectivity index (χ4v) is 1.22. The molecule has 156 valence electrons. The molecule has 0 radical (unpaired) electrons. The van der Waals surface area contributed by atoms with Crippen LogP contribution in [0, 0.1) is 0 Å². The Hall–Kier alpha value is -1.45. The zero-order chi connectivity index (χ0) is 21.8. The highest BCUT2D eigenvalue weighted by molar-refractivity contribution is 5.62. The molecule has 0 unspecified atom stereocenters. The first kappa shape index (κ1) is 24.6. The zero-order valence-corrected chi connectivity index (χ0v) is 11.1. The number of rotatable bonds is 8. The average molecular weight is 430 g/mol. The third-order valence-electron chi connectivity index (χ3n) is 2.84. The Labute approximate surface area is 130 Å². The highest BCUT2D eigenvalue weighted by Crippen LogP contribution is 2.62. The molecule has 0 aromatic rings. The number of hydrogen-bond acceptors (Lipinski definition) is 1. The van der Waals surface area contributed by atoms with Gasteiger partial charge in [0.1, 0.15) is 0 Å². The van der Waals surface area contributed by atoms with Gasteiger partial charge in [-0.1, -0.05) is 0 Å². The monoisotopic (exact) mass is 430 g/mol. The number of carbonyl (C=O) groups is 1. The van der Waals surface area contributed by atoms with E-state index in [4.69, 9.17) is 0 Å². The van der Waals surface area contributed by atoms with Crippen molar-refractivity contribution < 1.29 is 75.0 Å². The Bertz CT molecular complexity index is 534. The smallest absolute Gasteiger partial charge is 0.296 e. The van der Waals surface area contributed by atoms with E-state index in [-0.39, 0.29) is 0 Å². The van der Waals surface area contributed by atoms with Crippen molar-refractivity contribution in [2.75, 3.05) is 0 Å². The summed E-state index contributed by atoms with van der Waals surface area (Å²) in [5.74, 6) is -55.4. The van der Waals surface area contributed by atoms with E-state index in [2.05, 4.69) is 0 Å². The molecule has 0 N–H and O–H groups in total. The summed E-state index contributed by atoms with van der Waals surface area (Å²) in [7, 11) is 0. The van der Waals surface area contributed by atoms with E-state index in [0.717, 1.165) is 0 Å². The Kier molecular flexibility index (Phi) is 5.70. The molecule has 0 aromatic heterocycles. The summed E-state index contributed by atoms with van der Waals surface area (Å²) in [5.41, 5.74) is 0. The van der Waals surface area contributed by atoms with Crippen LogP contribution >= 0.6 is 0 Å². The molecule has 0 spiro atoms. The highest BCUT2D eigenvalue weighted by Gasteiger charge is 2.93. The van der Waals surface area contributed by atoms with Crippen LogP contribution in [0.4, 0.5) is 70.2 Å². The Morgan fingerprint density at radius 3 is 1.04 bits per heavy atom. The lowest BCUT2D eigenvalue weighted by Gasteiger charge is -2.41. The van der Waals surface area contributed by atoms with E-state index < -0.39 is 54.2 Å². The third kappa shape index (κ3) is 2.76. The van der Waals surface area contributed by atoms with Crippen LogP contribution in [0.1, 0.15) is 0 Å². The van der Waals surface area contributed by atoms with Gasteiger partial charge in [-0.2, -0.15) is 61.5 Å². The van der Waals surface area contributed by atoms with Crippen molar-refractivity contribution in [1.29, 1.82) is 0 Å². The highest BCUT2D eigenvalue weighted by atomic mass is 19.4. The minimum atomic E-state index is -8.46. The van der Waals surface area contributed by atoms with Gasteiger partial charge >= 0.3 is 47.9 Å². The lowest BCUT2D eigenvalue weighted by atomic mass is 9.89. The van der Waals surface area contributed by atoms with Crippen LogP contribution in [0.25, 0.3) is 0 Å². The van der Waals surface area contributed by atoms with Crippen molar-refractivity contribution in [2.45, 2.75) is 47.9 Å². The van der Waals surface area contributed by atoms with Crippen molar-refractivity contribution in [3.63, 3.8) is 0 Å². The quantitative estimate of drug-likeness (QED) is 0.396. The summed E-state index contributed by atoms with van der Waals surface area (Å²) in [4.78, 5) is 9.58. The largest absolute Gasteiger partial charge is 0.385 e. The molecule has 0 saturated heterocycles. The topological polar surface area (TPSA) is 17.1 Å². The van der Waals surface area contributed by atoms with Crippen LogP contribution < -0.4 is 0 Å². The van der Waals surface area contributed by atoms with Gasteiger partial charge in [-0.25, -0.2) is 8.78 Å². The van der Waals surface area contributed by atoms with E-state index in [1.807, 2.05) is 0 Å². The van der Waals surface area contributed by atoms with E-state index in [1.165, 1.54) is 0 Å². The summed E-state index contributed by atoms with van der Waals surface area (Å²) >= 11 is 0. The SMILES string of the molecule is O=CC(F)(F)C(F)(F)C(F)(F)C(F)(F)C(F)(F)C(F)(F)C(F)(F)C(F)F. The molecule has 17 heteroatoms. The lowest BCUT2D eigenvalue weighted by Crippen LogP contribution is -2.73. The van der Waals surface area contributed by atoms with Gasteiger partial charge in [-0.3, -0.25) is 4.79 Å². The molecule has 0 aliphatic rings. The first-order valence-electron chi connectivity index (χ1n) is 5.40. The normalized spacial score (nSPS) is 16.2. The molecule has 0 fully saturated rings. The molecular weight excluding hydrogens is 428 g/mol. The van der Waals surface area contributed by atoms with Gasteiger partial charge in [0.2, 0.25) is 0 Å². The van der Waals surface area contributed by atoms with Gasteiger partial charge in [0.15, 0.2) is 6.29 Å². The molecule has 0 bridgehead atoms. The minimum absolute atomic E-state index is 2.44. The predicted molar refractivity (Wildman–Crippen MR) is 46.7 cm³/mol. The van der Waals surface area contributed by atoms with Crippen LogP contribution in [0.3, 0.4) is 0 Å². The Morgan fingerprint density at radius 1 is 0.500 bits per heavy atom. The van der Waals surface area contributed by atoms with Gasteiger partial charge in [0.25, 0.3) is 0 Å². The zero-order valence-electron chi connectivity index (χ0n) is 11.1. The number of alkyl halides is 16. The second-order valence-electron chi connectivity index (χ2n) is 4.54. The summed E-state index contributed by atoms with van der Waals surface area (Å²) in [6.45, 7) is 0. The lowest BCUT2D eigenvalue weighted by molar-refractivity contribution is -0.443. The molecular formula is C9H2F16O. The van der Waals surface area contributed by atoms with E-state index in [1.54, 1.807) is 0 Å². The molecule has 26 heavy (non-hydrogen) atoms. The Balaban J connectivity index is 6.59. The van der Waals surface area contributed by atoms with Gasteiger partial charge in [0.05, 0.1) is 0 Å². The van der Waals surface area contributed by atoms with Crippen LogP contribution in [-0.4, -0.2) is 54.2 Å². The molecule has 1 nitrogen and oxygen atoms in total. The van der Waals surface area contributed by atoms with Crippen molar-refractivity contribution in [3.05, 3.63) is 0 Å². The molecule has 0 heterocycles. The number of halogens is 16. The second-order valence-corrected chi connectivity index (χ2v) is 4.54. The molecule has 0 aliphatic carbocycles. The standard InChI is InChI=1S/C9H2F16O/c10-2(11)4(14,15)6(18,19)8(22,23)9(24,25)7(20,21)5(16,17)3(12,13)1-26/h1-2H. The Morgan fingerprint density at radius 2 is 0.769 bits per heavy atom. The van der Waals surface area contributed by atoms with E-state index in [0.29, 0.717) is 0 Å². The van der Waals surface area contributed by atoms with E-state index in [9.17, 15) is 75.0 Å². The maximum absolute atomic E-state index is 12.9. The van der Waals surface area contributed by atoms with Gasteiger partial charge in [-0.05, 0) is 0 Å². The van der Waals surface area contributed by atoms with Gasteiger partial charge < -0.3 is 0 Å². The molecule has 0 aromatic carbocycles. The van der Waals surface area contributed by atoms with Gasteiger partial charge in [-0.15, -0.1) is 0 Å². The molecule has 0 saturated carbocycles. The fourth-order valence-electron chi connectivity index (χ4n) is 1.22. The van der Waals surface area contributed by atoms with Crippen molar-refractivity contribution in [1.82, 2.24) is 0 Å². The second kappa shape index (κ2) is 6.03. The third-order valence-corrected chi connectivity index (χ3v) is 2.84. The van der Waals surface area contributed by atoms with Crippen molar-refractivity contribution in [2.24, 2.45) is 0 Å². The van der Waals surface area contributed by atoms with Crippen LogP contribution in [0.2, 0.25) is 0 Å². The average Bonchev–Trinajstić information content (AvgIpc) is 2.45. The van der Waals surface area contributed by atoms with Gasteiger partial charge in [0, 0.05) is 0 Å². The number of carbonyl (C=O) groups excluding carboxylic acids is 1. The summed E-state index contributed by atoms with van der Waals surface area (Å²) in [5, 5.41) is 0. The summed E-state index contributed by atoms with van der Waals surface area (Å²) in [6.07, 6.45) is -8.33. The van der Waals surface area contributed by atoms with Crippen LogP contribution in [-0.2, 0) is 4.79 Å². The summed E-state index contributed by atoms with van der Waals surface area (Å²) in [6, 6.07) is 0. The maximum atomic E-state index is 12.9. The van der Waals surface area contributed by atoms with Crippen molar-refractivity contribution >= 4 is 6.29 Å². The first-order valence-corrected chi connectivity index (χ1v) is 5.40. The summed E-state index contributed by atoms with van der Waals surface area (Å²) < 4.78 is 201. The van der Waals surface area contributed by atoms with Crippen LogP contribution in [0.15, 0.2) is 0 Å². The van der Waals surface area contributed by atoms with Crippen molar-refractivity contribution in [3.8, 4) is 0 Å². The molecule has 0 rings (SSSR count). The molecule has 0 aliphatic heterocycles. The first-order chi connectivity index (χ1) is 11.0.